The second-order valence-corrected chi connectivity index (χ2v) is 5.74. The Kier molecular flexibility index (Phi) is 5.28. The third kappa shape index (κ3) is 4.26. The van der Waals surface area contributed by atoms with Gasteiger partial charge in [0, 0.05) is 24.7 Å². The Morgan fingerprint density at radius 3 is 2.61 bits per heavy atom. The number of anilines is 1. The van der Waals surface area contributed by atoms with Gasteiger partial charge >= 0.3 is 0 Å². The van der Waals surface area contributed by atoms with Gasteiger partial charge in [-0.25, -0.2) is 4.39 Å². The maximum Gasteiger partial charge on any atom is 0.292 e. The molecular formula is C17H20FN3O2. The summed E-state index contributed by atoms with van der Waals surface area (Å²) in [6.45, 7) is 2.66. The Morgan fingerprint density at radius 2 is 2.00 bits per heavy atom. The van der Waals surface area contributed by atoms with Gasteiger partial charge in [-0.3, -0.25) is 10.1 Å². The Bertz CT molecular complexity index is 717. The van der Waals surface area contributed by atoms with E-state index in [0.29, 0.717) is 24.3 Å². The summed E-state index contributed by atoms with van der Waals surface area (Å²) in [6.07, 6.45) is 0. The molecule has 0 saturated heterocycles. The Hall–Kier alpha value is -2.47. The van der Waals surface area contributed by atoms with E-state index < -0.39 is 4.92 Å². The van der Waals surface area contributed by atoms with E-state index >= 15 is 0 Å². The number of halogens is 1. The van der Waals surface area contributed by atoms with Crippen LogP contribution in [0.4, 0.5) is 15.8 Å². The second-order valence-electron chi connectivity index (χ2n) is 5.74. The fraction of sp³-hybridized carbons (Fsp3) is 0.294. The molecule has 0 aromatic heterocycles. The highest BCUT2D eigenvalue weighted by atomic mass is 19.1. The van der Waals surface area contributed by atoms with Crippen molar-refractivity contribution < 1.29 is 9.31 Å². The molecule has 0 bridgehead atoms. The maximum atomic E-state index is 14.1. The van der Waals surface area contributed by atoms with E-state index in [1.165, 1.54) is 12.1 Å². The van der Waals surface area contributed by atoms with E-state index in [1.807, 2.05) is 25.1 Å². The number of rotatable bonds is 6. The van der Waals surface area contributed by atoms with Gasteiger partial charge in [0.2, 0.25) is 0 Å². The van der Waals surface area contributed by atoms with Crippen LogP contribution < -0.4 is 5.32 Å². The summed E-state index contributed by atoms with van der Waals surface area (Å²) in [5.74, 6) is -0.266. The molecule has 1 N–H and O–H groups in total. The second kappa shape index (κ2) is 7.19. The van der Waals surface area contributed by atoms with E-state index in [4.69, 9.17) is 0 Å². The number of nitrogens with zero attached hydrogens (tertiary/aromatic N) is 2. The highest BCUT2D eigenvalue weighted by Gasteiger charge is 2.15. The van der Waals surface area contributed by atoms with Crippen molar-refractivity contribution in [3.8, 4) is 0 Å². The Labute approximate surface area is 134 Å². The fourth-order valence-electron chi connectivity index (χ4n) is 2.39. The van der Waals surface area contributed by atoms with Crippen molar-refractivity contribution in [2.45, 2.75) is 20.0 Å². The molecule has 23 heavy (non-hydrogen) atoms. The van der Waals surface area contributed by atoms with E-state index in [2.05, 4.69) is 5.32 Å². The zero-order valence-corrected chi connectivity index (χ0v) is 13.5. The number of para-hydroxylation sites is 1. The number of nitrogens with one attached hydrogen (secondary N) is 1. The largest absolute Gasteiger partial charge is 0.375 e. The standard InChI is InChI=1S/C17H20FN3O2/c1-12-5-4-6-16(21(22)23)17(12)19-10-13-7-8-14(11-20(2)3)15(18)9-13/h4-9,19H,10-11H2,1-3H3. The van der Waals surface area contributed by atoms with Crippen LogP contribution in [0.15, 0.2) is 36.4 Å². The van der Waals surface area contributed by atoms with Crippen molar-refractivity contribution in [3.05, 3.63) is 69.0 Å². The molecule has 0 aliphatic carbocycles. The molecule has 0 atom stereocenters. The zero-order chi connectivity index (χ0) is 17.0. The van der Waals surface area contributed by atoms with Crippen molar-refractivity contribution in [1.29, 1.82) is 0 Å². The highest BCUT2D eigenvalue weighted by Crippen LogP contribution is 2.28. The predicted molar refractivity (Wildman–Crippen MR) is 89.0 cm³/mol. The first-order chi connectivity index (χ1) is 10.9. The molecule has 2 aromatic carbocycles. The zero-order valence-electron chi connectivity index (χ0n) is 13.5. The molecule has 2 aromatic rings. The van der Waals surface area contributed by atoms with E-state index in [1.54, 1.807) is 25.1 Å². The molecule has 0 fully saturated rings. The molecule has 0 heterocycles. The third-order valence-electron chi connectivity index (χ3n) is 3.52. The van der Waals surface area contributed by atoms with Crippen LogP contribution in [-0.4, -0.2) is 23.9 Å². The van der Waals surface area contributed by atoms with E-state index in [-0.39, 0.29) is 11.5 Å². The summed E-state index contributed by atoms with van der Waals surface area (Å²) in [5.41, 5.74) is 2.64. The van der Waals surface area contributed by atoms with Gasteiger partial charge in [-0.1, -0.05) is 24.3 Å². The SMILES string of the molecule is Cc1cccc([N+](=O)[O-])c1NCc1ccc(CN(C)C)c(F)c1. The lowest BCUT2D eigenvalue weighted by Crippen LogP contribution is -2.12. The summed E-state index contributed by atoms with van der Waals surface area (Å²) >= 11 is 0. The van der Waals surface area contributed by atoms with Gasteiger partial charge in [-0.2, -0.15) is 0 Å². The molecule has 0 unspecified atom stereocenters. The van der Waals surface area contributed by atoms with Crippen LogP contribution >= 0.6 is 0 Å². The van der Waals surface area contributed by atoms with Gasteiger partial charge in [0.05, 0.1) is 4.92 Å². The molecular weight excluding hydrogens is 297 g/mol. The number of hydrogen-bond donors (Lipinski definition) is 1. The number of hydrogen-bond acceptors (Lipinski definition) is 4. The number of aryl methyl sites for hydroxylation is 1. The minimum atomic E-state index is -0.421. The lowest BCUT2D eigenvalue weighted by Gasteiger charge is -2.13. The number of benzene rings is 2. The van der Waals surface area contributed by atoms with Crippen LogP contribution in [0, 0.1) is 22.9 Å². The van der Waals surface area contributed by atoms with Crippen LogP contribution in [0.3, 0.4) is 0 Å². The lowest BCUT2D eigenvalue weighted by atomic mass is 10.1. The van der Waals surface area contributed by atoms with Gasteiger partial charge in [-0.15, -0.1) is 0 Å². The van der Waals surface area contributed by atoms with Crippen molar-refractivity contribution in [1.82, 2.24) is 4.90 Å². The number of nitro groups is 1. The summed E-state index contributed by atoms with van der Waals surface area (Å²) in [7, 11) is 3.76. The summed E-state index contributed by atoms with van der Waals surface area (Å²) in [5, 5.41) is 14.1. The molecule has 0 saturated carbocycles. The van der Waals surface area contributed by atoms with Crippen LogP contribution in [0.1, 0.15) is 16.7 Å². The average Bonchev–Trinajstić information content (AvgIpc) is 2.47. The fourth-order valence-corrected chi connectivity index (χ4v) is 2.39. The lowest BCUT2D eigenvalue weighted by molar-refractivity contribution is -0.384. The summed E-state index contributed by atoms with van der Waals surface area (Å²) < 4.78 is 14.1. The monoisotopic (exact) mass is 317 g/mol. The van der Waals surface area contributed by atoms with Crippen molar-refractivity contribution in [3.63, 3.8) is 0 Å². The Balaban J connectivity index is 2.16. The molecule has 0 aliphatic heterocycles. The minimum absolute atomic E-state index is 0.0229. The first kappa shape index (κ1) is 16.9. The normalized spacial score (nSPS) is 10.8. The number of nitro benzene ring substituents is 1. The first-order valence-electron chi connectivity index (χ1n) is 7.28. The smallest absolute Gasteiger partial charge is 0.292 e. The molecule has 0 spiro atoms. The van der Waals surface area contributed by atoms with Gasteiger partial charge in [0.15, 0.2) is 0 Å². The van der Waals surface area contributed by atoms with Crippen LogP contribution in [-0.2, 0) is 13.1 Å². The summed E-state index contributed by atoms with van der Waals surface area (Å²) in [6, 6.07) is 9.95. The summed E-state index contributed by atoms with van der Waals surface area (Å²) in [4.78, 5) is 12.6. The molecule has 2 rings (SSSR count). The van der Waals surface area contributed by atoms with Gasteiger partial charge < -0.3 is 10.2 Å². The van der Waals surface area contributed by atoms with Crippen LogP contribution in [0.25, 0.3) is 0 Å². The molecule has 6 heteroatoms. The quantitative estimate of drug-likeness (QED) is 0.652. The minimum Gasteiger partial charge on any atom is -0.375 e. The van der Waals surface area contributed by atoms with Crippen molar-refractivity contribution in [2.24, 2.45) is 0 Å². The first-order valence-corrected chi connectivity index (χ1v) is 7.28. The van der Waals surface area contributed by atoms with Gasteiger partial charge in [-0.05, 0) is 38.2 Å². The Morgan fingerprint density at radius 1 is 1.26 bits per heavy atom. The van der Waals surface area contributed by atoms with Gasteiger partial charge in [0.1, 0.15) is 11.5 Å². The van der Waals surface area contributed by atoms with Crippen molar-refractivity contribution >= 4 is 11.4 Å². The maximum absolute atomic E-state index is 14.1. The predicted octanol–water partition coefficient (Wildman–Crippen LogP) is 3.72. The molecule has 0 radical (unpaired) electrons. The highest BCUT2D eigenvalue weighted by molar-refractivity contribution is 5.66. The average molecular weight is 317 g/mol. The van der Waals surface area contributed by atoms with Crippen LogP contribution in [0.5, 0.6) is 0 Å². The molecule has 0 aliphatic rings. The van der Waals surface area contributed by atoms with E-state index in [0.717, 1.165) is 11.1 Å². The van der Waals surface area contributed by atoms with Gasteiger partial charge in [0.25, 0.3) is 5.69 Å². The third-order valence-corrected chi connectivity index (χ3v) is 3.52. The molecule has 0 amide bonds. The topological polar surface area (TPSA) is 58.4 Å². The van der Waals surface area contributed by atoms with E-state index in [9.17, 15) is 14.5 Å². The van der Waals surface area contributed by atoms with Crippen molar-refractivity contribution in [2.75, 3.05) is 19.4 Å². The molecule has 5 nitrogen and oxygen atoms in total. The molecule has 122 valence electrons. The van der Waals surface area contributed by atoms with Crippen LogP contribution in [0.2, 0.25) is 0 Å².